The number of aryl methyl sites for hydroxylation is 1. The minimum atomic E-state index is 0.262. The highest BCUT2D eigenvalue weighted by Gasteiger charge is 2.53. The van der Waals surface area contributed by atoms with Crippen molar-refractivity contribution in [2.75, 3.05) is 0 Å². The molecular weight excluding hydrogens is 352 g/mol. The Bertz CT molecular complexity index is 1040. The second-order valence-electron chi connectivity index (χ2n) is 10.2. The van der Waals surface area contributed by atoms with E-state index >= 15 is 0 Å². The summed E-state index contributed by atoms with van der Waals surface area (Å²) in [5.41, 5.74) is 2.87. The van der Waals surface area contributed by atoms with Gasteiger partial charge in [0.1, 0.15) is 11.2 Å². The molecule has 0 saturated heterocycles. The molecule has 8 rings (SSSR count). The molecule has 4 bridgehead atoms. The van der Waals surface area contributed by atoms with Crippen molar-refractivity contribution < 1.29 is 0 Å². The molecule has 0 spiro atoms. The van der Waals surface area contributed by atoms with E-state index in [9.17, 15) is 0 Å². The lowest BCUT2D eigenvalue weighted by atomic mass is 9.49. The zero-order valence-corrected chi connectivity index (χ0v) is 16.8. The Hall–Kier alpha value is -1.49. The maximum atomic E-state index is 5.25. The molecule has 4 fully saturated rings. The first-order valence-corrected chi connectivity index (χ1v) is 11.6. The van der Waals surface area contributed by atoms with Gasteiger partial charge in [0.05, 0.1) is 5.39 Å². The summed E-state index contributed by atoms with van der Waals surface area (Å²) in [5.74, 6) is 4.71. The molecule has 4 nitrogen and oxygen atoms in total. The standard InChI is InChI=1S/C22H26N4S/c1-12-2-3-16-17(4-12)27-20-18(16)19-24-21(25-26(19)11-23-20)22-8-13-5-14(9-22)7-15(6-13)10-22/h11-15H,2-10H2,1H3/t12-,13?,14?,15?,22?/m0/s1. The Labute approximate surface area is 163 Å². The largest absolute Gasteiger partial charge is 0.225 e. The SMILES string of the molecule is C[C@H]1CCc2c(sc3ncn4nc(C56CC7CC(CC(C7)C5)C6)nc4c23)C1. The van der Waals surface area contributed by atoms with Gasteiger partial charge in [0, 0.05) is 10.3 Å². The number of thiophene rings is 1. The van der Waals surface area contributed by atoms with Gasteiger partial charge in [0.15, 0.2) is 11.5 Å². The molecule has 3 aromatic rings. The van der Waals surface area contributed by atoms with Crippen LogP contribution in [0.3, 0.4) is 0 Å². The normalized spacial score (nSPS) is 37.4. The first kappa shape index (κ1) is 15.4. The molecular formula is C22H26N4S. The zero-order valence-electron chi connectivity index (χ0n) is 15.9. The van der Waals surface area contributed by atoms with Crippen LogP contribution in [0.1, 0.15) is 68.1 Å². The van der Waals surface area contributed by atoms with Gasteiger partial charge in [-0.1, -0.05) is 6.92 Å². The predicted octanol–water partition coefficient (Wildman–Crippen LogP) is 4.93. The van der Waals surface area contributed by atoms with Crippen molar-refractivity contribution in [2.45, 2.75) is 70.1 Å². The van der Waals surface area contributed by atoms with Gasteiger partial charge in [0.2, 0.25) is 0 Å². The van der Waals surface area contributed by atoms with Gasteiger partial charge in [-0.2, -0.15) is 0 Å². The molecule has 5 heteroatoms. The summed E-state index contributed by atoms with van der Waals surface area (Å²) in [4.78, 5) is 12.7. The average Bonchev–Trinajstić information content (AvgIpc) is 3.21. The highest BCUT2D eigenvalue weighted by Crippen LogP contribution is 2.60. The summed E-state index contributed by atoms with van der Waals surface area (Å²) in [7, 11) is 0. The minimum Gasteiger partial charge on any atom is -0.225 e. The first-order chi connectivity index (χ1) is 13.2. The number of fused-ring (bicyclic) bond motifs is 5. The van der Waals surface area contributed by atoms with Gasteiger partial charge in [0.25, 0.3) is 0 Å². The molecule has 4 saturated carbocycles. The molecule has 3 aromatic heterocycles. The molecule has 27 heavy (non-hydrogen) atoms. The first-order valence-electron chi connectivity index (χ1n) is 10.8. The maximum Gasteiger partial charge on any atom is 0.167 e. The zero-order chi connectivity index (χ0) is 17.8. The summed E-state index contributed by atoms with van der Waals surface area (Å²) >= 11 is 1.89. The smallest absolute Gasteiger partial charge is 0.167 e. The van der Waals surface area contributed by atoms with Crippen LogP contribution in [0.5, 0.6) is 0 Å². The van der Waals surface area contributed by atoms with Crippen molar-refractivity contribution in [2.24, 2.45) is 23.7 Å². The van der Waals surface area contributed by atoms with Crippen LogP contribution < -0.4 is 0 Å². The third kappa shape index (κ3) is 2.07. The Morgan fingerprint density at radius 2 is 1.85 bits per heavy atom. The van der Waals surface area contributed by atoms with Crippen LogP contribution in [0, 0.1) is 23.7 Å². The molecule has 5 aliphatic rings. The summed E-state index contributed by atoms with van der Waals surface area (Å²) in [6.07, 6.45) is 14.0. The molecule has 5 aliphatic carbocycles. The van der Waals surface area contributed by atoms with Crippen LogP contribution in [-0.2, 0) is 18.3 Å². The van der Waals surface area contributed by atoms with E-state index in [4.69, 9.17) is 15.1 Å². The van der Waals surface area contributed by atoms with Crippen molar-refractivity contribution >= 4 is 27.2 Å². The molecule has 0 aromatic carbocycles. The summed E-state index contributed by atoms with van der Waals surface area (Å²) < 4.78 is 2.00. The molecule has 140 valence electrons. The highest BCUT2D eigenvalue weighted by atomic mass is 32.1. The fourth-order valence-electron chi connectivity index (χ4n) is 7.35. The quantitative estimate of drug-likeness (QED) is 0.603. The molecule has 0 unspecified atom stereocenters. The number of nitrogens with zero attached hydrogens (tertiary/aromatic N) is 4. The molecule has 0 radical (unpaired) electrons. The molecule has 1 atom stereocenters. The van der Waals surface area contributed by atoms with Gasteiger partial charge < -0.3 is 0 Å². The van der Waals surface area contributed by atoms with E-state index in [1.165, 1.54) is 73.6 Å². The van der Waals surface area contributed by atoms with E-state index in [-0.39, 0.29) is 5.41 Å². The van der Waals surface area contributed by atoms with Gasteiger partial charge in [-0.25, -0.2) is 14.5 Å². The third-order valence-corrected chi connectivity index (χ3v) is 9.31. The van der Waals surface area contributed by atoms with E-state index in [0.717, 1.165) is 35.1 Å². The monoisotopic (exact) mass is 378 g/mol. The van der Waals surface area contributed by atoms with E-state index in [2.05, 4.69) is 6.92 Å². The van der Waals surface area contributed by atoms with Crippen LogP contribution >= 0.6 is 11.3 Å². The summed E-state index contributed by atoms with van der Waals surface area (Å²) in [5, 5.41) is 6.36. The Morgan fingerprint density at radius 1 is 1.11 bits per heavy atom. The van der Waals surface area contributed by atoms with Gasteiger partial charge in [-0.3, -0.25) is 0 Å². The van der Waals surface area contributed by atoms with E-state index < -0.39 is 0 Å². The van der Waals surface area contributed by atoms with Gasteiger partial charge >= 0.3 is 0 Å². The van der Waals surface area contributed by atoms with Crippen LogP contribution in [0.2, 0.25) is 0 Å². The third-order valence-electron chi connectivity index (χ3n) is 8.14. The molecule has 0 aliphatic heterocycles. The lowest BCUT2D eigenvalue weighted by Crippen LogP contribution is -2.49. The number of rotatable bonds is 1. The van der Waals surface area contributed by atoms with E-state index in [1.807, 2.05) is 22.2 Å². The van der Waals surface area contributed by atoms with Crippen molar-refractivity contribution in [1.82, 2.24) is 19.6 Å². The van der Waals surface area contributed by atoms with Gasteiger partial charge in [-0.05, 0) is 87.0 Å². The fourth-order valence-corrected chi connectivity index (χ4v) is 8.69. The maximum absolute atomic E-state index is 5.25. The van der Waals surface area contributed by atoms with Crippen LogP contribution in [-0.4, -0.2) is 19.6 Å². The minimum absolute atomic E-state index is 0.262. The second kappa shape index (κ2) is 5.11. The lowest BCUT2D eigenvalue weighted by molar-refractivity contribution is -0.00926. The topological polar surface area (TPSA) is 43.1 Å². The van der Waals surface area contributed by atoms with E-state index in [1.54, 1.807) is 4.88 Å². The van der Waals surface area contributed by atoms with Crippen molar-refractivity contribution in [3.8, 4) is 0 Å². The van der Waals surface area contributed by atoms with Crippen molar-refractivity contribution in [3.63, 3.8) is 0 Å². The Kier molecular flexibility index (Phi) is 2.92. The number of hydrogen-bond acceptors (Lipinski definition) is 4. The molecule has 0 N–H and O–H groups in total. The average molecular weight is 379 g/mol. The van der Waals surface area contributed by atoms with Gasteiger partial charge in [-0.15, -0.1) is 16.4 Å². The van der Waals surface area contributed by atoms with E-state index in [0.29, 0.717) is 0 Å². The highest BCUT2D eigenvalue weighted by molar-refractivity contribution is 7.19. The summed E-state index contributed by atoms with van der Waals surface area (Å²) in [6.45, 7) is 2.37. The molecule has 3 heterocycles. The molecule has 0 amide bonds. The summed E-state index contributed by atoms with van der Waals surface area (Å²) in [6, 6.07) is 0. The van der Waals surface area contributed by atoms with Crippen LogP contribution in [0.15, 0.2) is 6.33 Å². The van der Waals surface area contributed by atoms with Crippen molar-refractivity contribution in [1.29, 1.82) is 0 Å². The van der Waals surface area contributed by atoms with Crippen LogP contribution in [0.25, 0.3) is 15.9 Å². The lowest BCUT2D eigenvalue weighted by Gasteiger charge is -2.55. The fraction of sp³-hybridized carbons (Fsp3) is 0.682. The van der Waals surface area contributed by atoms with Crippen LogP contribution in [0.4, 0.5) is 0 Å². The number of aromatic nitrogens is 4. The van der Waals surface area contributed by atoms with Crippen molar-refractivity contribution in [3.05, 3.63) is 22.6 Å². The Balaban J connectivity index is 1.42. The predicted molar refractivity (Wildman–Crippen MR) is 107 cm³/mol. The second-order valence-corrected chi connectivity index (χ2v) is 11.3. The number of hydrogen-bond donors (Lipinski definition) is 0. The Morgan fingerprint density at radius 3 is 2.59 bits per heavy atom.